The van der Waals surface area contributed by atoms with Crippen molar-refractivity contribution in [3.8, 4) is 0 Å². The predicted octanol–water partition coefficient (Wildman–Crippen LogP) is 1.01. The van der Waals surface area contributed by atoms with Crippen molar-refractivity contribution in [2.24, 2.45) is 0 Å². The number of nitro groups is 1. The SMILES string of the molecule is CNc1ccc2c(c1[N+](=O)[O-])N[Se]N2. The molecule has 0 saturated carbocycles. The van der Waals surface area contributed by atoms with E-state index in [0.717, 1.165) is 5.69 Å². The molecule has 0 atom stereocenters. The van der Waals surface area contributed by atoms with Gasteiger partial charge < -0.3 is 0 Å². The Morgan fingerprint density at radius 2 is 2.29 bits per heavy atom. The van der Waals surface area contributed by atoms with E-state index in [0.29, 0.717) is 11.4 Å². The molecule has 0 unspecified atom stereocenters. The number of fused-ring (bicyclic) bond motifs is 1. The molecule has 7 heteroatoms. The van der Waals surface area contributed by atoms with Crippen molar-refractivity contribution in [1.82, 2.24) is 0 Å². The molecule has 1 aromatic carbocycles. The average Bonchev–Trinajstić information content (AvgIpc) is 2.62. The Morgan fingerprint density at radius 3 is 2.93 bits per heavy atom. The van der Waals surface area contributed by atoms with Crippen LogP contribution >= 0.6 is 0 Å². The number of hydrogen-bond donors (Lipinski definition) is 3. The summed E-state index contributed by atoms with van der Waals surface area (Å²) in [4.78, 5) is 10.5. The summed E-state index contributed by atoms with van der Waals surface area (Å²) >= 11 is 0.0134. The molecule has 0 aromatic heterocycles. The van der Waals surface area contributed by atoms with Crippen LogP contribution in [0.3, 0.4) is 0 Å². The van der Waals surface area contributed by atoms with Crippen molar-refractivity contribution in [2.45, 2.75) is 0 Å². The summed E-state index contributed by atoms with van der Waals surface area (Å²) < 4.78 is 6.06. The summed E-state index contributed by atoms with van der Waals surface area (Å²) in [5.41, 5.74) is 2.02. The van der Waals surface area contributed by atoms with Crippen LogP contribution in [0.1, 0.15) is 0 Å². The van der Waals surface area contributed by atoms with Gasteiger partial charge in [-0.2, -0.15) is 0 Å². The summed E-state index contributed by atoms with van der Waals surface area (Å²) in [6, 6.07) is 3.53. The Hall–Kier alpha value is -1.46. The first kappa shape index (κ1) is 9.11. The third-order valence-electron chi connectivity index (χ3n) is 1.94. The third kappa shape index (κ3) is 1.26. The first-order chi connectivity index (χ1) is 6.74. The zero-order valence-corrected chi connectivity index (χ0v) is 9.04. The van der Waals surface area contributed by atoms with Crippen LogP contribution in [0.4, 0.5) is 22.7 Å². The van der Waals surface area contributed by atoms with Crippen LogP contribution in [0.5, 0.6) is 0 Å². The molecule has 3 N–H and O–H groups in total. The molecule has 0 radical (unpaired) electrons. The fourth-order valence-electron chi connectivity index (χ4n) is 1.30. The van der Waals surface area contributed by atoms with Crippen LogP contribution in [-0.4, -0.2) is 27.4 Å². The molecule has 74 valence electrons. The summed E-state index contributed by atoms with van der Waals surface area (Å²) in [7, 11) is 1.67. The number of benzene rings is 1. The molecule has 6 nitrogen and oxygen atoms in total. The van der Waals surface area contributed by atoms with Gasteiger partial charge in [-0.1, -0.05) is 0 Å². The van der Waals surface area contributed by atoms with Gasteiger partial charge in [-0.3, -0.25) is 0 Å². The fraction of sp³-hybridized carbons (Fsp3) is 0.143. The first-order valence-corrected chi connectivity index (χ1v) is 5.62. The fourth-order valence-corrected chi connectivity index (χ4v) is 2.64. The molecular weight excluding hydrogens is 251 g/mol. The van der Waals surface area contributed by atoms with E-state index in [9.17, 15) is 10.1 Å². The predicted molar refractivity (Wildman–Crippen MR) is 55.6 cm³/mol. The van der Waals surface area contributed by atoms with Gasteiger partial charge in [0.05, 0.1) is 0 Å². The van der Waals surface area contributed by atoms with E-state index in [1.165, 1.54) is 0 Å². The minimum atomic E-state index is -0.374. The van der Waals surface area contributed by atoms with E-state index < -0.39 is 0 Å². The molecule has 0 spiro atoms. The minimum absolute atomic E-state index is 0.0134. The quantitative estimate of drug-likeness (QED) is 0.419. The number of nitrogens with zero attached hydrogens (tertiary/aromatic N) is 1. The molecule has 1 aliphatic heterocycles. The Kier molecular flexibility index (Phi) is 2.18. The van der Waals surface area contributed by atoms with E-state index in [1.807, 2.05) is 6.07 Å². The van der Waals surface area contributed by atoms with Crippen LogP contribution < -0.4 is 14.0 Å². The van der Waals surface area contributed by atoms with Crippen LogP contribution in [0.25, 0.3) is 0 Å². The third-order valence-corrected chi connectivity index (χ3v) is 3.26. The van der Waals surface area contributed by atoms with Crippen molar-refractivity contribution >= 4 is 38.1 Å². The van der Waals surface area contributed by atoms with Gasteiger partial charge >= 0.3 is 86.3 Å². The molecule has 2 rings (SSSR count). The summed E-state index contributed by atoms with van der Waals surface area (Å²) in [5, 5.41) is 13.6. The molecular formula is C7H8N4O2Se. The van der Waals surface area contributed by atoms with Crippen molar-refractivity contribution in [2.75, 3.05) is 21.0 Å². The van der Waals surface area contributed by atoms with Gasteiger partial charge in [0, 0.05) is 0 Å². The molecule has 0 aliphatic carbocycles. The molecule has 0 amide bonds. The molecule has 0 bridgehead atoms. The summed E-state index contributed by atoms with van der Waals surface area (Å²) in [6.45, 7) is 0. The average molecular weight is 259 g/mol. The number of hydrogen-bond acceptors (Lipinski definition) is 5. The van der Waals surface area contributed by atoms with E-state index >= 15 is 0 Å². The molecule has 0 fully saturated rings. The Bertz CT molecular complexity index is 396. The molecule has 1 heterocycles. The molecule has 14 heavy (non-hydrogen) atoms. The summed E-state index contributed by atoms with van der Waals surface area (Å²) in [6.07, 6.45) is 0. The second-order valence-electron chi connectivity index (χ2n) is 2.70. The molecule has 0 saturated heterocycles. The monoisotopic (exact) mass is 260 g/mol. The number of rotatable bonds is 2. The van der Waals surface area contributed by atoms with Gasteiger partial charge in [0.25, 0.3) is 0 Å². The number of nitrogens with one attached hydrogen (secondary N) is 3. The van der Waals surface area contributed by atoms with E-state index in [1.54, 1.807) is 13.1 Å². The van der Waals surface area contributed by atoms with Crippen LogP contribution in [0, 0.1) is 10.1 Å². The van der Waals surface area contributed by atoms with Crippen LogP contribution in [0.15, 0.2) is 12.1 Å². The zero-order valence-electron chi connectivity index (χ0n) is 7.33. The zero-order chi connectivity index (χ0) is 10.1. The second-order valence-corrected chi connectivity index (χ2v) is 3.98. The van der Waals surface area contributed by atoms with E-state index in [2.05, 4.69) is 14.0 Å². The second kappa shape index (κ2) is 3.36. The standard InChI is InChI=1S/C7H8N4O2Se/c1-8-5-3-2-4-6(10-14-9-4)7(5)11(12)13/h2-3,8-10H,1H3. The first-order valence-electron chi connectivity index (χ1n) is 3.91. The Labute approximate surface area is 86.8 Å². The van der Waals surface area contributed by atoms with Gasteiger partial charge in [0.1, 0.15) is 0 Å². The maximum atomic E-state index is 10.8. The maximum absolute atomic E-state index is 10.8. The van der Waals surface area contributed by atoms with Gasteiger partial charge in [0.15, 0.2) is 0 Å². The van der Waals surface area contributed by atoms with Crippen molar-refractivity contribution in [1.29, 1.82) is 0 Å². The van der Waals surface area contributed by atoms with Gasteiger partial charge in [-0.05, 0) is 0 Å². The van der Waals surface area contributed by atoms with Crippen molar-refractivity contribution < 1.29 is 4.92 Å². The van der Waals surface area contributed by atoms with Gasteiger partial charge in [-0.25, -0.2) is 0 Å². The Morgan fingerprint density at radius 1 is 1.50 bits per heavy atom. The van der Waals surface area contributed by atoms with E-state index in [4.69, 9.17) is 0 Å². The summed E-state index contributed by atoms with van der Waals surface area (Å²) in [5.74, 6) is 0. The molecule has 1 aliphatic rings. The number of nitro benzene ring substituents is 1. The topological polar surface area (TPSA) is 79.2 Å². The number of anilines is 3. The molecule has 1 aromatic rings. The van der Waals surface area contributed by atoms with Crippen LogP contribution in [0.2, 0.25) is 0 Å². The van der Waals surface area contributed by atoms with Gasteiger partial charge in [0.2, 0.25) is 0 Å². The van der Waals surface area contributed by atoms with E-state index in [-0.39, 0.29) is 26.0 Å². The van der Waals surface area contributed by atoms with Crippen molar-refractivity contribution in [3.05, 3.63) is 22.2 Å². The van der Waals surface area contributed by atoms with Gasteiger partial charge in [-0.15, -0.1) is 0 Å². The normalized spacial score (nSPS) is 12.6. The van der Waals surface area contributed by atoms with Crippen LogP contribution in [-0.2, 0) is 0 Å². The van der Waals surface area contributed by atoms with Crippen molar-refractivity contribution in [3.63, 3.8) is 0 Å². The Balaban J connectivity index is 2.62.